The van der Waals surface area contributed by atoms with Gasteiger partial charge in [0.2, 0.25) is 0 Å². The third kappa shape index (κ3) is 5.61. The molecule has 9 heteroatoms. The van der Waals surface area contributed by atoms with Gasteiger partial charge in [0, 0.05) is 18.0 Å². The van der Waals surface area contributed by atoms with Crippen LogP contribution in [0.2, 0.25) is 0 Å². The molecule has 120 valence electrons. The molecular weight excluding hydrogens is 416 g/mol. The Balaban J connectivity index is 0.00000220. The maximum atomic E-state index is 12.4. The number of hydrogen-bond donors (Lipinski definition) is 2. The van der Waals surface area contributed by atoms with Crippen LogP contribution >= 0.6 is 35.3 Å². The van der Waals surface area contributed by atoms with Gasteiger partial charge in [0.1, 0.15) is 5.01 Å². The van der Waals surface area contributed by atoms with Gasteiger partial charge in [-0.3, -0.25) is 0 Å². The predicted octanol–water partition coefficient (Wildman–Crippen LogP) is 3.24. The van der Waals surface area contributed by atoms with Crippen molar-refractivity contribution in [3.8, 4) is 0 Å². The van der Waals surface area contributed by atoms with E-state index in [1.165, 1.54) is 0 Å². The number of halogens is 4. The number of alkyl halides is 3. The monoisotopic (exact) mass is 434 g/mol. The van der Waals surface area contributed by atoms with Crippen LogP contribution in [0.3, 0.4) is 0 Å². The van der Waals surface area contributed by atoms with Crippen LogP contribution in [-0.2, 0) is 12.7 Å². The molecule has 1 fully saturated rings. The van der Waals surface area contributed by atoms with Crippen LogP contribution < -0.4 is 10.6 Å². The van der Waals surface area contributed by atoms with Gasteiger partial charge < -0.3 is 10.6 Å². The quantitative estimate of drug-likeness (QED) is 0.435. The Kier molecular flexibility index (Phi) is 6.70. The summed E-state index contributed by atoms with van der Waals surface area (Å²) < 4.78 is 37.3. The van der Waals surface area contributed by atoms with Crippen molar-refractivity contribution >= 4 is 41.3 Å². The topological polar surface area (TPSA) is 49.3 Å². The minimum atomic E-state index is -4.38. The minimum absolute atomic E-state index is 0. The van der Waals surface area contributed by atoms with Crippen molar-refractivity contribution < 1.29 is 13.2 Å². The van der Waals surface area contributed by atoms with E-state index >= 15 is 0 Å². The highest BCUT2D eigenvalue weighted by Gasteiger charge is 2.34. The van der Waals surface area contributed by atoms with Crippen LogP contribution in [-0.4, -0.2) is 23.5 Å². The van der Waals surface area contributed by atoms with E-state index < -0.39 is 11.9 Å². The minimum Gasteiger partial charge on any atom is -0.357 e. The van der Waals surface area contributed by atoms with Crippen molar-refractivity contribution in [1.82, 2.24) is 15.6 Å². The van der Waals surface area contributed by atoms with E-state index in [2.05, 4.69) is 27.5 Å². The van der Waals surface area contributed by atoms with Gasteiger partial charge in [-0.15, -0.1) is 35.3 Å². The van der Waals surface area contributed by atoms with E-state index in [0.29, 0.717) is 29.5 Å². The Morgan fingerprint density at radius 1 is 1.52 bits per heavy atom. The third-order valence-corrected chi connectivity index (χ3v) is 3.82. The molecule has 2 N–H and O–H groups in total. The highest BCUT2D eigenvalue weighted by molar-refractivity contribution is 14.0. The fourth-order valence-corrected chi connectivity index (χ4v) is 2.40. The summed E-state index contributed by atoms with van der Waals surface area (Å²) in [6.07, 6.45) is -3.29. The Morgan fingerprint density at radius 2 is 2.19 bits per heavy atom. The second-order valence-electron chi connectivity index (χ2n) is 4.78. The summed E-state index contributed by atoms with van der Waals surface area (Å²) in [7, 11) is 0. The standard InChI is InChI=1S/C12H17F3N4S.HI/c1-3-16-11(18-8-4-7(8)2)17-5-10-19-9(6-20-10)12(13,14)15;/h6-8H,3-5H2,1-2H3,(H2,16,17,18);1H. The van der Waals surface area contributed by atoms with Gasteiger partial charge >= 0.3 is 6.18 Å². The van der Waals surface area contributed by atoms with Crippen LogP contribution in [0.4, 0.5) is 13.2 Å². The zero-order chi connectivity index (χ0) is 14.8. The maximum absolute atomic E-state index is 12.4. The Hall–Kier alpha value is -0.580. The number of rotatable bonds is 4. The number of aromatic nitrogens is 1. The summed E-state index contributed by atoms with van der Waals surface area (Å²) >= 11 is 0.978. The molecule has 0 amide bonds. The van der Waals surface area contributed by atoms with Crippen molar-refractivity contribution in [3.63, 3.8) is 0 Å². The smallest absolute Gasteiger partial charge is 0.357 e. The summed E-state index contributed by atoms with van der Waals surface area (Å²) in [4.78, 5) is 7.82. The summed E-state index contributed by atoms with van der Waals surface area (Å²) in [5.41, 5.74) is -0.846. The fourth-order valence-electron chi connectivity index (χ4n) is 1.68. The van der Waals surface area contributed by atoms with E-state index in [9.17, 15) is 13.2 Å². The Morgan fingerprint density at radius 3 is 2.67 bits per heavy atom. The molecule has 0 spiro atoms. The molecule has 0 aromatic carbocycles. The molecule has 21 heavy (non-hydrogen) atoms. The molecule has 2 atom stereocenters. The first-order valence-electron chi connectivity index (χ1n) is 6.46. The van der Waals surface area contributed by atoms with Crippen LogP contribution in [0.1, 0.15) is 31.0 Å². The second-order valence-corrected chi connectivity index (χ2v) is 5.73. The lowest BCUT2D eigenvalue weighted by Gasteiger charge is -2.10. The zero-order valence-electron chi connectivity index (χ0n) is 11.7. The predicted molar refractivity (Wildman–Crippen MR) is 88.1 cm³/mol. The van der Waals surface area contributed by atoms with Crippen molar-refractivity contribution in [2.75, 3.05) is 6.54 Å². The third-order valence-electron chi connectivity index (χ3n) is 2.99. The molecule has 0 radical (unpaired) electrons. The first-order valence-corrected chi connectivity index (χ1v) is 7.34. The van der Waals surface area contributed by atoms with Crippen molar-refractivity contribution in [1.29, 1.82) is 0 Å². The van der Waals surface area contributed by atoms with E-state index in [1.54, 1.807) is 0 Å². The largest absolute Gasteiger partial charge is 0.434 e. The van der Waals surface area contributed by atoms with Gasteiger partial charge in [0.05, 0.1) is 6.54 Å². The van der Waals surface area contributed by atoms with Gasteiger partial charge in [0.25, 0.3) is 0 Å². The van der Waals surface area contributed by atoms with Crippen molar-refractivity contribution in [3.05, 3.63) is 16.1 Å². The molecule has 2 unspecified atom stereocenters. The molecule has 0 saturated heterocycles. The lowest BCUT2D eigenvalue weighted by atomic mass is 10.5. The fraction of sp³-hybridized carbons (Fsp3) is 0.667. The SMILES string of the molecule is CCNC(=NCc1nc(C(F)(F)F)cs1)NC1CC1C.I. The lowest BCUT2D eigenvalue weighted by molar-refractivity contribution is -0.140. The molecular formula is C12H18F3IN4S. The Labute approximate surface area is 142 Å². The zero-order valence-corrected chi connectivity index (χ0v) is 14.8. The molecule has 1 aliphatic rings. The number of thiazole rings is 1. The van der Waals surface area contributed by atoms with E-state index in [4.69, 9.17) is 0 Å². The van der Waals surface area contributed by atoms with Crippen LogP contribution in [0.15, 0.2) is 10.4 Å². The van der Waals surface area contributed by atoms with Crippen LogP contribution in [0.5, 0.6) is 0 Å². The molecule has 1 aromatic heterocycles. The molecule has 1 aliphatic carbocycles. The van der Waals surface area contributed by atoms with E-state index in [-0.39, 0.29) is 30.5 Å². The summed E-state index contributed by atoms with van der Waals surface area (Å²) in [6, 6.07) is 0.412. The van der Waals surface area contributed by atoms with Crippen molar-refractivity contribution in [2.24, 2.45) is 10.9 Å². The highest BCUT2D eigenvalue weighted by Crippen LogP contribution is 2.30. The second kappa shape index (κ2) is 7.61. The first-order chi connectivity index (χ1) is 9.40. The lowest BCUT2D eigenvalue weighted by Crippen LogP contribution is -2.39. The van der Waals surface area contributed by atoms with Gasteiger partial charge in [0.15, 0.2) is 11.7 Å². The van der Waals surface area contributed by atoms with Gasteiger partial charge in [-0.05, 0) is 19.3 Å². The molecule has 1 saturated carbocycles. The molecule has 1 heterocycles. The molecule has 4 nitrogen and oxygen atoms in total. The van der Waals surface area contributed by atoms with Crippen LogP contribution in [0.25, 0.3) is 0 Å². The Bertz CT molecular complexity index is 489. The maximum Gasteiger partial charge on any atom is 0.434 e. The number of nitrogens with zero attached hydrogens (tertiary/aromatic N) is 2. The van der Waals surface area contributed by atoms with Gasteiger partial charge in [-0.1, -0.05) is 6.92 Å². The summed E-state index contributed by atoms with van der Waals surface area (Å²) in [6.45, 7) is 4.94. The molecule has 0 bridgehead atoms. The van der Waals surface area contributed by atoms with Crippen LogP contribution in [0, 0.1) is 5.92 Å². The first kappa shape index (κ1) is 18.5. The summed E-state index contributed by atoms with van der Waals surface area (Å²) in [5, 5.41) is 7.70. The molecule has 2 rings (SSSR count). The van der Waals surface area contributed by atoms with Gasteiger partial charge in [-0.25, -0.2) is 9.98 Å². The average Bonchev–Trinajstić information content (AvgIpc) is 2.88. The highest BCUT2D eigenvalue weighted by atomic mass is 127. The van der Waals surface area contributed by atoms with E-state index in [1.807, 2.05) is 6.92 Å². The number of nitrogens with one attached hydrogen (secondary N) is 2. The molecule has 0 aliphatic heterocycles. The normalized spacial score (nSPS) is 21.7. The van der Waals surface area contributed by atoms with E-state index in [0.717, 1.165) is 23.1 Å². The number of aliphatic imine (C=N–C) groups is 1. The summed E-state index contributed by atoms with van der Waals surface area (Å²) in [5.74, 6) is 1.25. The molecule has 1 aromatic rings. The van der Waals surface area contributed by atoms with Crippen molar-refractivity contribution in [2.45, 2.75) is 39.0 Å². The average molecular weight is 434 g/mol. The van der Waals surface area contributed by atoms with Gasteiger partial charge in [-0.2, -0.15) is 13.2 Å². The number of guanidine groups is 1. The number of hydrogen-bond acceptors (Lipinski definition) is 3.